The van der Waals surface area contributed by atoms with Crippen molar-refractivity contribution in [2.75, 3.05) is 20.6 Å². The molecule has 0 aliphatic carbocycles. The molecule has 0 saturated heterocycles. The fourth-order valence-electron chi connectivity index (χ4n) is 1.79. The van der Waals surface area contributed by atoms with E-state index in [2.05, 4.69) is 49.5 Å². The standard InChI is InChI=1S/C12H24N4/c1-6-12(15(3)4)8-13-10(2)11-7-14-16(5)9-11/h7,9-10,12-13H,6,8H2,1-5H3. The second kappa shape index (κ2) is 6.01. The molecule has 0 amide bonds. The highest BCUT2D eigenvalue weighted by molar-refractivity contribution is 5.08. The van der Waals surface area contributed by atoms with Crippen molar-refractivity contribution in [3.05, 3.63) is 18.0 Å². The summed E-state index contributed by atoms with van der Waals surface area (Å²) in [7, 11) is 6.21. The van der Waals surface area contributed by atoms with Gasteiger partial charge in [0.1, 0.15) is 0 Å². The van der Waals surface area contributed by atoms with Crippen LogP contribution < -0.4 is 5.32 Å². The first-order valence-electron chi connectivity index (χ1n) is 5.93. The average molecular weight is 224 g/mol. The molecule has 0 spiro atoms. The molecule has 0 bridgehead atoms. The fraction of sp³-hybridized carbons (Fsp3) is 0.750. The Bertz CT molecular complexity index is 306. The van der Waals surface area contributed by atoms with Crippen molar-refractivity contribution < 1.29 is 0 Å². The summed E-state index contributed by atoms with van der Waals surface area (Å²) in [6, 6.07) is 0.960. The van der Waals surface area contributed by atoms with E-state index in [0.717, 1.165) is 6.54 Å². The molecule has 0 radical (unpaired) electrons. The number of nitrogens with one attached hydrogen (secondary N) is 1. The second-order valence-electron chi connectivity index (χ2n) is 4.60. The maximum absolute atomic E-state index is 4.19. The first kappa shape index (κ1) is 13.2. The first-order chi connectivity index (χ1) is 7.54. The molecule has 1 heterocycles. The number of rotatable bonds is 6. The van der Waals surface area contributed by atoms with Gasteiger partial charge < -0.3 is 10.2 Å². The van der Waals surface area contributed by atoms with Gasteiger partial charge in [-0.15, -0.1) is 0 Å². The SMILES string of the molecule is CCC(CNC(C)c1cnn(C)c1)N(C)C. The second-order valence-corrected chi connectivity index (χ2v) is 4.60. The lowest BCUT2D eigenvalue weighted by Gasteiger charge is -2.25. The van der Waals surface area contributed by atoms with Crippen LogP contribution in [0.5, 0.6) is 0 Å². The molecule has 1 aromatic heterocycles. The van der Waals surface area contributed by atoms with Crippen LogP contribution in [0.4, 0.5) is 0 Å². The Morgan fingerprint density at radius 2 is 2.19 bits per heavy atom. The van der Waals surface area contributed by atoms with Crippen molar-refractivity contribution in [2.24, 2.45) is 7.05 Å². The number of hydrogen-bond acceptors (Lipinski definition) is 3. The van der Waals surface area contributed by atoms with E-state index in [9.17, 15) is 0 Å². The zero-order valence-electron chi connectivity index (χ0n) is 11.1. The summed E-state index contributed by atoms with van der Waals surface area (Å²) in [4.78, 5) is 2.27. The van der Waals surface area contributed by atoms with E-state index in [4.69, 9.17) is 0 Å². The van der Waals surface area contributed by atoms with Gasteiger partial charge in [-0.05, 0) is 27.4 Å². The molecular weight excluding hydrogens is 200 g/mol. The van der Waals surface area contributed by atoms with Gasteiger partial charge >= 0.3 is 0 Å². The lowest BCUT2D eigenvalue weighted by atomic mass is 10.1. The molecule has 1 aromatic rings. The summed E-state index contributed by atoms with van der Waals surface area (Å²) in [6.07, 6.45) is 5.16. The Labute approximate surface area is 98.6 Å². The van der Waals surface area contributed by atoms with Crippen molar-refractivity contribution in [2.45, 2.75) is 32.4 Å². The smallest absolute Gasteiger partial charge is 0.0537 e. The molecule has 2 atom stereocenters. The van der Waals surface area contributed by atoms with E-state index in [-0.39, 0.29) is 0 Å². The maximum atomic E-state index is 4.19. The van der Waals surface area contributed by atoms with Gasteiger partial charge in [0.15, 0.2) is 0 Å². The lowest BCUT2D eigenvalue weighted by molar-refractivity contribution is 0.270. The van der Waals surface area contributed by atoms with E-state index in [1.807, 2.05) is 17.9 Å². The average Bonchev–Trinajstić information content (AvgIpc) is 2.65. The Hall–Kier alpha value is -0.870. The van der Waals surface area contributed by atoms with Gasteiger partial charge in [-0.3, -0.25) is 4.68 Å². The Kier molecular flexibility index (Phi) is 4.96. The van der Waals surface area contributed by atoms with Crippen LogP contribution >= 0.6 is 0 Å². The normalized spacial score (nSPS) is 15.4. The van der Waals surface area contributed by atoms with Crippen molar-refractivity contribution in [3.63, 3.8) is 0 Å². The topological polar surface area (TPSA) is 33.1 Å². The van der Waals surface area contributed by atoms with Gasteiger partial charge in [0.2, 0.25) is 0 Å². The van der Waals surface area contributed by atoms with Crippen molar-refractivity contribution in [3.8, 4) is 0 Å². The van der Waals surface area contributed by atoms with Crippen LogP contribution in [0.15, 0.2) is 12.4 Å². The lowest BCUT2D eigenvalue weighted by Crippen LogP contribution is -2.38. The third-order valence-electron chi connectivity index (χ3n) is 3.09. The largest absolute Gasteiger partial charge is 0.309 e. The van der Waals surface area contributed by atoms with Crippen LogP contribution in [0.3, 0.4) is 0 Å². The molecule has 0 aliphatic rings. The van der Waals surface area contributed by atoms with Crippen molar-refractivity contribution in [1.82, 2.24) is 20.0 Å². The molecule has 0 saturated carbocycles. The Morgan fingerprint density at radius 1 is 1.50 bits per heavy atom. The van der Waals surface area contributed by atoms with Gasteiger partial charge in [-0.1, -0.05) is 6.92 Å². The van der Waals surface area contributed by atoms with Crippen LogP contribution in [-0.4, -0.2) is 41.4 Å². The highest BCUT2D eigenvalue weighted by Crippen LogP contribution is 2.10. The van der Waals surface area contributed by atoms with E-state index in [1.165, 1.54) is 12.0 Å². The van der Waals surface area contributed by atoms with Gasteiger partial charge in [0, 0.05) is 37.4 Å². The summed E-state index contributed by atoms with van der Waals surface area (Å²) >= 11 is 0. The highest BCUT2D eigenvalue weighted by Gasteiger charge is 2.12. The zero-order chi connectivity index (χ0) is 12.1. The molecule has 1 rings (SSSR count). The first-order valence-corrected chi connectivity index (χ1v) is 5.93. The minimum Gasteiger partial charge on any atom is -0.309 e. The monoisotopic (exact) mass is 224 g/mol. The summed E-state index contributed by atoms with van der Waals surface area (Å²) in [6.45, 7) is 5.42. The predicted octanol–water partition coefficient (Wildman–Crippen LogP) is 1.41. The molecule has 0 fully saturated rings. The zero-order valence-corrected chi connectivity index (χ0v) is 11.1. The van der Waals surface area contributed by atoms with E-state index in [0.29, 0.717) is 12.1 Å². The van der Waals surface area contributed by atoms with E-state index < -0.39 is 0 Å². The van der Waals surface area contributed by atoms with Crippen molar-refractivity contribution in [1.29, 1.82) is 0 Å². The minimum atomic E-state index is 0.364. The third-order valence-corrected chi connectivity index (χ3v) is 3.09. The number of hydrogen-bond donors (Lipinski definition) is 1. The molecule has 0 aliphatic heterocycles. The van der Waals surface area contributed by atoms with Gasteiger partial charge in [-0.2, -0.15) is 5.10 Å². The molecule has 16 heavy (non-hydrogen) atoms. The molecule has 0 aromatic carbocycles. The Balaban J connectivity index is 2.43. The van der Waals surface area contributed by atoms with Gasteiger partial charge in [0.25, 0.3) is 0 Å². The van der Waals surface area contributed by atoms with Crippen molar-refractivity contribution >= 4 is 0 Å². The summed E-state index contributed by atoms with van der Waals surface area (Å²) in [5.74, 6) is 0. The van der Waals surface area contributed by atoms with Crippen LogP contribution in [0, 0.1) is 0 Å². The molecule has 92 valence electrons. The van der Waals surface area contributed by atoms with Crippen LogP contribution in [0.2, 0.25) is 0 Å². The van der Waals surface area contributed by atoms with Crippen LogP contribution in [0.25, 0.3) is 0 Å². The van der Waals surface area contributed by atoms with E-state index in [1.54, 1.807) is 0 Å². The maximum Gasteiger partial charge on any atom is 0.0537 e. The number of aryl methyl sites for hydroxylation is 1. The molecule has 4 nitrogen and oxygen atoms in total. The molecule has 4 heteroatoms. The molecule has 1 N–H and O–H groups in total. The summed E-state index contributed by atoms with van der Waals surface area (Å²) in [5, 5.41) is 7.74. The number of nitrogens with zero attached hydrogens (tertiary/aromatic N) is 3. The number of aromatic nitrogens is 2. The van der Waals surface area contributed by atoms with Crippen LogP contribution in [-0.2, 0) is 7.05 Å². The number of likely N-dealkylation sites (N-methyl/N-ethyl adjacent to an activating group) is 1. The summed E-state index contributed by atoms with van der Waals surface area (Å²) in [5.41, 5.74) is 1.25. The van der Waals surface area contributed by atoms with Gasteiger partial charge in [0.05, 0.1) is 6.20 Å². The van der Waals surface area contributed by atoms with Crippen LogP contribution in [0.1, 0.15) is 31.9 Å². The predicted molar refractivity (Wildman–Crippen MR) is 67.4 cm³/mol. The molecule has 2 unspecified atom stereocenters. The quantitative estimate of drug-likeness (QED) is 0.793. The Morgan fingerprint density at radius 3 is 2.62 bits per heavy atom. The minimum absolute atomic E-state index is 0.364. The highest BCUT2D eigenvalue weighted by atomic mass is 15.2. The third kappa shape index (κ3) is 3.61. The molecular formula is C12H24N4. The van der Waals surface area contributed by atoms with Gasteiger partial charge in [-0.25, -0.2) is 0 Å². The summed E-state index contributed by atoms with van der Waals surface area (Å²) < 4.78 is 1.84. The van der Waals surface area contributed by atoms with E-state index >= 15 is 0 Å². The fourth-order valence-corrected chi connectivity index (χ4v) is 1.79.